The zero-order valence-corrected chi connectivity index (χ0v) is 9.80. The van der Waals surface area contributed by atoms with Crippen molar-refractivity contribution in [3.05, 3.63) is 28.5 Å². The van der Waals surface area contributed by atoms with Crippen molar-refractivity contribution in [1.82, 2.24) is 0 Å². The Labute approximate surface area is 95.7 Å². The van der Waals surface area contributed by atoms with Crippen LogP contribution in [0.25, 0.3) is 0 Å². The largest absolute Gasteiger partial charge is 0.372 e. The fourth-order valence-electron chi connectivity index (χ4n) is 0.974. The van der Waals surface area contributed by atoms with Crippen molar-refractivity contribution in [3.8, 4) is 0 Å². The van der Waals surface area contributed by atoms with Crippen LogP contribution in [0.1, 0.15) is 6.92 Å². The SMILES string of the molecule is CCOCC(=O)Nc1cc(Br)ccc1F. The summed E-state index contributed by atoms with van der Waals surface area (Å²) in [4.78, 5) is 11.2. The van der Waals surface area contributed by atoms with E-state index in [1.165, 1.54) is 12.1 Å². The van der Waals surface area contributed by atoms with E-state index in [1.807, 2.05) is 0 Å². The standard InChI is InChI=1S/C10H11BrFNO2/c1-2-15-6-10(14)13-9-5-7(11)3-4-8(9)12/h3-5H,2,6H2,1H3,(H,13,14). The molecule has 5 heteroatoms. The van der Waals surface area contributed by atoms with E-state index in [2.05, 4.69) is 21.2 Å². The van der Waals surface area contributed by atoms with Gasteiger partial charge in [0.05, 0.1) is 5.69 Å². The van der Waals surface area contributed by atoms with E-state index < -0.39 is 5.82 Å². The van der Waals surface area contributed by atoms with E-state index in [1.54, 1.807) is 13.0 Å². The third-order valence-corrected chi connectivity index (χ3v) is 2.13. The van der Waals surface area contributed by atoms with Gasteiger partial charge in [-0.3, -0.25) is 4.79 Å². The van der Waals surface area contributed by atoms with Crippen molar-refractivity contribution in [2.75, 3.05) is 18.5 Å². The highest BCUT2D eigenvalue weighted by Crippen LogP contribution is 2.19. The van der Waals surface area contributed by atoms with Crippen molar-refractivity contribution < 1.29 is 13.9 Å². The Morgan fingerprint density at radius 1 is 1.60 bits per heavy atom. The van der Waals surface area contributed by atoms with E-state index >= 15 is 0 Å². The van der Waals surface area contributed by atoms with Gasteiger partial charge in [0.25, 0.3) is 0 Å². The van der Waals surface area contributed by atoms with Crippen LogP contribution in [0, 0.1) is 5.82 Å². The Morgan fingerprint density at radius 2 is 2.33 bits per heavy atom. The van der Waals surface area contributed by atoms with Gasteiger partial charge in [0.1, 0.15) is 12.4 Å². The lowest BCUT2D eigenvalue weighted by Crippen LogP contribution is -2.18. The number of amides is 1. The van der Waals surface area contributed by atoms with Crippen LogP contribution < -0.4 is 5.32 Å². The molecule has 0 bridgehead atoms. The van der Waals surface area contributed by atoms with Crippen LogP contribution in [-0.4, -0.2) is 19.1 Å². The van der Waals surface area contributed by atoms with Gasteiger partial charge >= 0.3 is 0 Å². The molecule has 1 N–H and O–H groups in total. The molecule has 0 aliphatic carbocycles. The minimum absolute atomic E-state index is 0.0670. The lowest BCUT2D eigenvalue weighted by atomic mass is 10.3. The summed E-state index contributed by atoms with van der Waals surface area (Å²) >= 11 is 3.19. The topological polar surface area (TPSA) is 38.3 Å². The molecule has 0 aliphatic rings. The van der Waals surface area contributed by atoms with E-state index in [0.29, 0.717) is 11.1 Å². The first-order valence-electron chi connectivity index (χ1n) is 4.46. The molecule has 3 nitrogen and oxygen atoms in total. The highest BCUT2D eigenvalue weighted by atomic mass is 79.9. The molecule has 0 unspecified atom stereocenters. The first-order chi connectivity index (χ1) is 7.13. The normalized spacial score (nSPS) is 10.1. The summed E-state index contributed by atoms with van der Waals surface area (Å²) in [6, 6.07) is 4.34. The molecule has 0 aliphatic heterocycles. The average Bonchev–Trinajstić information content (AvgIpc) is 2.20. The summed E-state index contributed by atoms with van der Waals surface area (Å²) in [5.74, 6) is -0.836. The summed E-state index contributed by atoms with van der Waals surface area (Å²) in [6.45, 7) is 2.17. The average molecular weight is 276 g/mol. The molecule has 0 spiro atoms. The molecule has 0 fully saturated rings. The van der Waals surface area contributed by atoms with Gasteiger partial charge < -0.3 is 10.1 Å². The van der Waals surface area contributed by atoms with Gasteiger partial charge in [-0.05, 0) is 25.1 Å². The van der Waals surface area contributed by atoms with Crippen molar-refractivity contribution in [1.29, 1.82) is 0 Å². The minimum Gasteiger partial charge on any atom is -0.372 e. The second-order valence-electron chi connectivity index (χ2n) is 2.81. The molecule has 0 atom stereocenters. The molecule has 15 heavy (non-hydrogen) atoms. The Balaban J connectivity index is 2.63. The van der Waals surface area contributed by atoms with E-state index in [-0.39, 0.29) is 18.2 Å². The first-order valence-corrected chi connectivity index (χ1v) is 5.25. The van der Waals surface area contributed by atoms with Crippen LogP contribution in [0.4, 0.5) is 10.1 Å². The van der Waals surface area contributed by atoms with Gasteiger partial charge in [-0.1, -0.05) is 15.9 Å². The summed E-state index contributed by atoms with van der Waals surface area (Å²) in [5, 5.41) is 2.42. The molecule has 82 valence electrons. The predicted octanol–water partition coefficient (Wildman–Crippen LogP) is 2.56. The number of hydrogen-bond acceptors (Lipinski definition) is 2. The number of benzene rings is 1. The van der Waals surface area contributed by atoms with Gasteiger partial charge in [-0.25, -0.2) is 4.39 Å². The Bertz CT molecular complexity index is 357. The second-order valence-corrected chi connectivity index (χ2v) is 3.73. The molecule has 1 aromatic carbocycles. The number of nitrogens with one attached hydrogen (secondary N) is 1. The smallest absolute Gasteiger partial charge is 0.250 e. The Morgan fingerprint density at radius 3 is 3.00 bits per heavy atom. The highest BCUT2D eigenvalue weighted by molar-refractivity contribution is 9.10. The fraction of sp³-hybridized carbons (Fsp3) is 0.300. The Kier molecular flexibility index (Phi) is 4.71. The number of ether oxygens (including phenoxy) is 1. The molecule has 1 rings (SSSR count). The maximum Gasteiger partial charge on any atom is 0.250 e. The first kappa shape index (κ1) is 12.1. The predicted molar refractivity (Wildman–Crippen MR) is 59.2 cm³/mol. The number of carbonyl (C=O) groups excluding carboxylic acids is 1. The third kappa shape index (κ3) is 3.97. The van der Waals surface area contributed by atoms with E-state index in [4.69, 9.17) is 4.74 Å². The number of carbonyl (C=O) groups is 1. The van der Waals surface area contributed by atoms with E-state index in [9.17, 15) is 9.18 Å². The molecule has 0 saturated heterocycles. The molecule has 0 heterocycles. The van der Waals surface area contributed by atoms with Gasteiger partial charge in [-0.2, -0.15) is 0 Å². The maximum absolute atomic E-state index is 13.2. The van der Waals surface area contributed by atoms with Crippen LogP contribution in [-0.2, 0) is 9.53 Å². The number of halogens is 2. The minimum atomic E-state index is -0.469. The highest BCUT2D eigenvalue weighted by Gasteiger charge is 2.06. The van der Waals surface area contributed by atoms with Crippen molar-refractivity contribution in [3.63, 3.8) is 0 Å². The summed E-state index contributed by atoms with van der Waals surface area (Å²) in [5.41, 5.74) is 0.147. The number of anilines is 1. The third-order valence-electron chi connectivity index (χ3n) is 1.64. The zero-order chi connectivity index (χ0) is 11.3. The van der Waals surface area contributed by atoms with Crippen LogP contribution >= 0.6 is 15.9 Å². The maximum atomic E-state index is 13.2. The van der Waals surface area contributed by atoms with E-state index in [0.717, 1.165) is 0 Å². The molecule has 0 aromatic heterocycles. The summed E-state index contributed by atoms with van der Waals surface area (Å²) in [6.07, 6.45) is 0. The number of hydrogen-bond donors (Lipinski definition) is 1. The van der Waals surface area contributed by atoms with Crippen molar-refractivity contribution in [2.24, 2.45) is 0 Å². The lowest BCUT2D eigenvalue weighted by molar-refractivity contribution is -0.120. The van der Waals surface area contributed by atoms with Crippen LogP contribution in [0.2, 0.25) is 0 Å². The number of rotatable bonds is 4. The summed E-state index contributed by atoms with van der Waals surface area (Å²) in [7, 11) is 0. The monoisotopic (exact) mass is 275 g/mol. The molecular formula is C10H11BrFNO2. The summed E-state index contributed by atoms with van der Waals surface area (Å²) < 4.78 is 18.8. The Hall–Kier alpha value is -0.940. The van der Waals surface area contributed by atoms with Gasteiger partial charge in [-0.15, -0.1) is 0 Å². The molecule has 0 radical (unpaired) electrons. The molecule has 1 amide bonds. The second kappa shape index (κ2) is 5.82. The molecule has 1 aromatic rings. The van der Waals surface area contributed by atoms with Gasteiger partial charge in [0.2, 0.25) is 5.91 Å². The zero-order valence-electron chi connectivity index (χ0n) is 8.22. The van der Waals surface area contributed by atoms with Crippen LogP contribution in [0.5, 0.6) is 0 Å². The van der Waals surface area contributed by atoms with Crippen LogP contribution in [0.3, 0.4) is 0 Å². The van der Waals surface area contributed by atoms with Crippen molar-refractivity contribution >= 4 is 27.5 Å². The quantitative estimate of drug-likeness (QED) is 0.917. The van der Waals surface area contributed by atoms with Gasteiger partial charge in [0.15, 0.2) is 0 Å². The van der Waals surface area contributed by atoms with Crippen molar-refractivity contribution in [2.45, 2.75) is 6.92 Å². The lowest BCUT2D eigenvalue weighted by Gasteiger charge is -2.06. The molecule has 0 saturated carbocycles. The molecular weight excluding hydrogens is 265 g/mol. The van der Waals surface area contributed by atoms with Crippen LogP contribution in [0.15, 0.2) is 22.7 Å². The van der Waals surface area contributed by atoms with Gasteiger partial charge in [0, 0.05) is 11.1 Å². The fourth-order valence-corrected chi connectivity index (χ4v) is 1.34.